The first kappa shape index (κ1) is 11.4. The van der Waals surface area contributed by atoms with Crippen LogP contribution in [-0.2, 0) is 6.54 Å². The quantitative estimate of drug-likeness (QED) is 0.818. The highest BCUT2D eigenvalue weighted by Gasteiger charge is 2.26. The van der Waals surface area contributed by atoms with Crippen molar-refractivity contribution >= 4 is 0 Å². The molecule has 3 nitrogen and oxygen atoms in total. The molecule has 0 unspecified atom stereocenters. The largest absolute Gasteiger partial charge is 0.494 e. The van der Waals surface area contributed by atoms with Crippen molar-refractivity contribution in [2.75, 3.05) is 26.3 Å². The number of benzene rings is 1. The summed E-state index contributed by atoms with van der Waals surface area (Å²) >= 11 is 0. The maximum Gasteiger partial charge on any atom is 0.123 e. The van der Waals surface area contributed by atoms with Gasteiger partial charge in [-0.3, -0.25) is 4.90 Å². The molecule has 16 heavy (non-hydrogen) atoms. The smallest absolute Gasteiger partial charge is 0.123 e. The Hall–Kier alpha value is -1.06. The van der Waals surface area contributed by atoms with Crippen molar-refractivity contribution in [3.8, 4) is 5.75 Å². The van der Waals surface area contributed by atoms with Gasteiger partial charge in [0.1, 0.15) is 5.75 Å². The van der Waals surface area contributed by atoms with Gasteiger partial charge in [0.05, 0.1) is 6.61 Å². The van der Waals surface area contributed by atoms with E-state index in [1.165, 1.54) is 5.56 Å². The van der Waals surface area contributed by atoms with Crippen molar-refractivity contribution in [1.29, 1.82) is 0 Å². The number of aliphatic hydroxyl groups is 1. The van der Waals surface area contributed by atoms with E-state index in [9.17, 15) is 0 Å². The van der Waals surface area contributed by atoms with Crippen LogP contribution in [0.15, 0.2) is 24.3 Å². The molecule has 1 aliphatic heterocycles. The number of hydrogen-bond acceptors (Lipinski definition) is 3. The molecular formula is C13H19NO2. The van der Waals surface area contributed by atoms with Crippen LogP contribution in [0.1, 0.15) is 12.5 Å². The summed E-state index contributed by atoms with van der Waals surface area (Å²) in [5.41, 5.74) is 1.24. The molecule has 1 aromatic rings. The minimum absolute atomic E-state index is 0.309. The lowest BCUT2D eigenvalue weighted by Crippen LogP contribution is -2.47. The van der Waals surface area contributed by atoms with Crippen molar-refractivity contribution < 1.29 is 9.84 Å². The third-order valence-electron chi connectivity index (χ3n) is 2.96. The average Bonchev–Trinajstić information content (AvgIpc) is 2.25. The molecule has 0 atom stereocenters. The second-order valence-electron chi connectivity index (χ2n) is 4.28. The molecule has 1 aliphatic rings. The molecule has 1 fully saturated rings. The molecule has 1 aromatic carbocycles. The predicted molar refractivity (Wildman–Crippen MR) is 63.5 cm³/mol. The standard InChI is InChI=1S/C13H19NO2/c1-2-16-13-6-4-3-5-12(13)9-14-7-11(8-14)10-15/h3-6,11,15H,2,7-10H2,1H3. The second kappa shape index (κ2) is 5.32. The molecule has 88 valence electrons. The Morgan fingerprint density at radius 1 is 1.38 bits per heavy atom. The number of para-hydroxylation sites is 1. The zero-order chi connectivity index (χ0) is 11.4. The zero-order valence-electron chi connectivity index (χ0n) is 9.72. The molecule has 0 aromatic heterocycles. The van der Waals surface area contributed by atoms with Crippen molar-refractivity contribution in [3.05, 3.63) is 29.8 Å². The minimum Gasteiger partial charge on any atom is -0.494 e. The number of aliphatic hydroxyl groups excluding tert-OH is 1. The summed E-state index contributed by atoms with van der Waals surface area (Å²) in [7, 11) is 0. The van der Waals surface area contributed by atoms with Crippen LogP contribution in [0.4, 0.5) is 0 Å². The van der Waals surface area contributed by atoms with Gasteiger partial charge >= 0.3 is 0 Å². The van der Waals surface area contributed by atoms with E-state index in [0.29, 0.717) is 19.1 Å². The number of nitrogens with zero attached hydrogens (tertiary/aromatic N) is 1. The van der Waals surface area contributed by atoms with E-state index in [-0.39, 0.29) is 0 Å². The normalized spacial score (nSPS) is 17.1. The summed E-state index contributed by atoms with van der Waals surface area (Å²) < 4.78 is 5.58. The third-order valence-corrected chi connectivity index (χ3v) is 2.96. The van der Waals surface area contributed by atoms with E-state index in [1.54, 1.807) is 0 Å². The van der Waals surface area contributed by atoms with Gasteiger partial charge in [-0.05, 0) is 13.0 Å². The van der Waals surface area contributed by atoms with Crippen LogP contribution in [0.3, 0.4) is 0 Å². The maximum absolute atomic E-state index is 8.96. The topological polar surface area (TPSA) is 32.7 Å². The third kappa shape index (κ3) is 2.54. The second-order valence-corrected chi connectivity index (χ2v) is 4.28. The molecule has 0 bridgehead atoms. The fraction of sp³-hybridized carbons (Fsp3) is 0.538. The molecule has 1 N–H and O–H groups in total. The zero-order valence-corrected chi connectivity index (χ0v) is 9.72. The molecule has 0 amide bonds. The molecule has 2 rings (SSSR count). The van der Waals surface area contributed by atoms with E-state index in [4.69, 9.17) is 9.84 Å². The number of rotatable bonds is 5. The highest BCUT2D eigenvalue weighted by Crippen LogP contribution is 2.24. The van der Waals surface area contributed by atoms with Crippen LogP contribution in [0.5, 0.6) is 5.75 Å². The lowest BCUT2D eigenvalue weighted by atomic mass is 10.0. The summed E-state index contributed by atoms with van der Waals surface area (Å²) in [5, 5.41) is 8.96. The van der Waals surface area contributed by atoms with Gasteiger partial charge in [0.2, 0.25) is 0 Å². The van der Waals surface area contributed by atoms with Crippen LogP contribution in [0.2, 0.25) is 0 Å². The molecule has 0 aliphatic carbocycles. The lowest BCUT2D eigenvalue weighted by molar-refractivity contribution is 0.0473. The Morgan fingerprint density at radius 2 is 2.12 bits per heavy atom. The van der Waals surface area contributed by atoms with Crippen molar-refractivity contribution in [1.82, 2.24) is 4.90 Å². The Morgan fingerprint density at radius 3 is 2.81 bits per heavy atom. The number of ether oxygens (including phenoxy) is 1. The van der Waals surface area contributed by atoms with Crippen molar-refractivity contribution in [2.24, 2.45) is 5.92 Å². The SMILES string of the molecule is CCOc1ccccc1CN1CC(CO)C1. The van der Waals surface area contributed by atoms with E-state index in [0.717, 1.165) is 25.4 Å². The Kier molecular flexibility index (Phi) is 3.80. The average molecular weight is 221 g/mol. The molecular weight excluding hydrogens is 202 g/mol. The molecule has 0 radical (unpaired) electrons. The molecule has 1 heterocycles. The van der Waals surface area contributed by atoms with Crippen LogP contribution in [0.25, 0.3) is 0 Å². The Bertz CT molecular complexity index is 334. The van der Waals surface area contributed by atoms with Gasteiger partial charge in [-0.2, -0.15) is 0 Å². The first-order valence-corrected chi connectivity index (χ1v) is 5.87. The molecule has 3 heteroatoms. The van der Waals surface area contributed by atoms with E-state index in [2.05, 4.69) is 11.0 Å². The van der Waals surface area contributed by atoms with Gasteiger partial charge in [-0.15, -0.1) is 0 Å². The van der Waals surface area contributed by atoms with Crippen LogP contribution in [-0.4, -0.2) is 36.3 Å². The Balaban J connectivity index is 1.93. The lowest BCUT2D eigenvalue weighted by Gasteiger charge is -2.38. The van der Waals surface area contributed by atoms with Crippen LogP contribution < -0.4 is 4.74 Å². The minimum atomic E-state index is 0.309. The predicted octanol–water partition coefficient (Wildman–Crippen LogP) is 1.51. The van der Waals surface area contributed by atoms with Gasteiger partial charge in [0.15, 0.2) is 0 Å². The number of likely N-dealkylation sites (tertiary alicyclic amines) is 1. The van der Waals surface area contributed by atoms with Gasteiger partial charge in [-0.25, -0.2) is 0 Å². The van der Waals surface area contributed by atoms with Gasteiger partial charge in [-0.1, -0.05) is 18.2 Å². The highest BCUT2D eigenvalue weighted by molar-refractivity contribution is 5.33. The highest BCUT2D eigenvalue weighted by atomic mass is 16.5. The van der Waals surface area contributed by atoms with Crippen LogP contribution in [0, 0.1) is 5.92 Å². The van der Waals surface area contributed by atoms with Crippen molar-refractivity contribution in [3.63, 3.8) is 0 Å². The van der Waals surface area contributed by atoms with Gasteiger partial charge in [0, 0.05) is 37.7 Å². The number of hydrogen-bond donors (Lipinski definition) is 1. The van der Waals surface area contributed by atoms with E-state index in [1.807, 2.05) is 25.1 Å². The summed E-state index contributed by atoms with van der Waals surface area (Å²) in [5.74, 6) is 1.46. The Labute approximate surface area is 96.6 Å². The van der Waals surface area contributed by atoms with Crippen LogP contribution >= 0.6 is 0 Å². The van der Waals surface area contributed by atoms with Crippen molar-refractivity contribution in [2.45, 2.75) is 13.5 Å². The molecule has 0 spiro atoms. The van der Waals surface area contributed by atoms with Gasteiger partial charge in [0.25, 0.3) is 0 Å². The van der Waals surface area contributed by atoms with Gasteiger partial charge < -0.3 is 9.84 Å². The summed E-state index contributed by atoms with van der Waals surface area (Å²) in [6, 6.07) is 8.17. The molecule has 0 saturated carbocycles. The van der Waals surface area contributed by atoms with E-state index < -0.39 is 0 Å². The summed E-state index contributed by atoms with van der Waals surface area (Å²) in [4.78, 5) is 2.33. The maximum atomic E-state index is 8.96. The first-order valence-electron chi connectivity index (χ1n) is 5.87. The fourth-order valence-corrected chi connectivity index (χ4v) is 2.09. The fourth-order valence-electron chi connectivity index (χ4n) is 2.09. The van der Waals surface area contributed by atoms with E-state index >= 15 is 0 Å². The summed E-state index contributed by atoms with van der Waals surface area (Å²) in [6.07, 6.45) is 0. The first-order chi connectivity index (χ1) is 7.83. The molecule has 1 saturated heterocycles. The summed E-state index contributed by atoms with van der Waals surface area (Å²) in [6.45, 7) is 5.93. The monoisotopic (exact) mass is 221 g/mol.